The van der Waals surface area contributed by atoms with Gasteiger partial charge < -0.3 is 4.74 Å². The van der Waals surface area contributed by atoms with E-state index in [1.54, 1.807) is 0 Å². The van der Waals surface area contributed by atoms with E-state index < -0.39 is 0 Å². The van der Waals surface area contributed by atoms with Crippen molar-refractivity contribution < 1.29 is 4.74 Å². The Balaban J connectivity index is 3.67. The highest BCUT2D eigenvalue weighted by atomic mass is 16.5. The van der Waals surface area contributed by atoms with Crippen LogP contribution in [0.1, 0.15) is 40.5 Å². The second kappa shape index (κ2) is 7.43. The van der Waals surface area contributed by atoms with Gasteiger partial charge in [-0.3, -0.25) is 0 Å². The molecule has 0 aromatic heterocycles. The summed E-state index contributed by atoms with van der Waals surface area (Å²) in [5.74, 6) is 0.776. The van der Waals surface area contributed by atoms with Crippen LogP contribution < -0.4 is 0 Å². The average molecular weight is 194 g/mol. The third kappa shape index (κ3) is 9.11. The molecule has 0 spiro atoms. The second-order valence-corrected chi connectivity index (χ2v) is 3.88. The van der Waals surface area contributed by atoms with Crippen molar-refractivity contribution in [3.05, 3.63) is 35.6 Å². The van der Waals surface area contributed by atoms with Crippen LogP contribution in [0.4, 0.5) is 0 Å². The van der Waals surface area contributed by atoms with Gasteiger partial charge in [0.15, 0.2) is 0 Å². The topological polar surface area (TPSA) is 9.23 Å². The Bertz CT molecular complexity index is 230. The maximum absolute atomic E-state index is 5.25. The van der Waals surface area contributed by atoms with E-state index in [1.165, 1.54) is 11.1 Å². The van der Waals surface area contributed by atoms with E-state index in [-0.39, 0.29) is 0 Å². The van der Waals surface area contributed by atoms with Crippen molar-refractivity contribution >= 4 is 0 Å². The minimum Gasteiger partial charge on any atom is -0.495 e. The molecule has 0 aromatic rings. The monoisotopic (exact) mass is 194 g/mol. The number of hydrogen-bond donors (Lipinski definition) is 0. The highest BCUT2D eigenvalue weighted by Gasteiger charge is 1.89. The largest absolute Gasteiger partial charge is 0.495 e. The summed E-state index contributed by atoms with van der Waals surface area (Å²) >= 11 is 0. The Morgan fingerprint density at radius 2 is 1.79 bits per heavy atom. The Kier molecular flexibility index (Phi) is 6.91. The minimum atomic E-state index is 0.649. The van der Waals surface area contributed by atoms with Gasteiger partial charge in [0.05, 0.1) is 5.76 Å². The summed E-state index contributed by atoms with van der Waals surface area (Å²) in [5, 5.41) is 0. The third-order valence-corrected chi connectivity index (χ3v) is 1.85. The van der Waals surface area contributed by atoms with Gasteiger partial charge in [0, 0.05) is 0 Å². The molecule has 0 aromatic carbocycles. The first-order valence-corrected chi connectivity index (χ1v) is 5.09. The highest BCUT2D eigenvalue weighted by molar-refractivity contribution is 5.02. The Morgan fingerprint density at radius 3 is 2.29 bits per heavy atom. The average Bonchev–Trinajstić information content (AvgIpc) is 2.02. The molecule has 0 aliphatic heterocycles. The molecule has 0 aliphatic carbocycles. The van der Waals surface area contributed by atoms with Gasteiger partial charge >= 0.3 is 0 Å². The molecule has 0 bridgehead atoms. The molecule has 0 fully saturated rings. The van der Waals surface area contributed by atoms with E-state index in [9.17, 15) is 0 Å². The number of hydrogen-bond acceptors (Lipinski definition) is 1. The molecular formula is C13H22O. The molecule has 0 radical (unpaired) electrons. The summed E-state index contributed by atoms with van der Waals surface area (Å²) in [6.45, 7) is 12.6. The summed E-state index contributed by atoms with van der Waals surface area (Å²) in [6.07, 6.45) is 6.62. The summed E-state index contributed by atoms with van der Waals surface area (Å²) in [4.78, 5) is 0. The molecule has 0 saturated carbocycles. The fourth-order valence-corrected chi connectivity index (χ4v) is 1.02. The van der Waals surface area contributed by atoms with Gasteiger partial charge in [-0.2, -0.15) is 0 Å². The predicted octanol–water partition coefficient (Wildman–Crippen LogP) is 4.23. The van der Waals surface area contributed by atoms with Gasteiger partial charge in [0.1, 0.15) is 6.61 Å². The van der Waals surface area contributed by atoms with E-state index in [4.69, 9.17) is 4.74 Å². The smallest absolute Gasteiger partial charge is 0.106 e. The molecule has 80 valence electrons. The molecule has 0 aliphatic rings. The van der Waals surface area contributed by atoms with Crippen molar-refractivity contribution in [1.29, 1.82) is 0 Å². The first-order chi connectivity index (χ1) is 6.52. The first-order valence-electron chi connectivity index (χ1n) is 5.09. The molecule has 0 saturated heterocycles. The van der Waals surface area contributed by atoms with Gasteiger partial charge in [0.2, 0.25) is 0 Å². The van der Waals surface area contributed by atoms with Crippen LogP contribution in [0.3, 0.4) is 0 Å². The molecule has 0 rings (SSSR count). The molecular weight excluding hydrogens is 172 g/mol. The SMILES string of the molecule is C=C(C)OC/C=C(\C)CCC=C(C)C. The minimum absolute atomic E-state index is 0.649. The van der Waals surface area contributed by atoms with Crippen LogP contribution in [0.2, 0.25) is 0 Å². The number of ether oxygens (including phenoxy) is 1. The highest BCUT2D eigenvalue weighted by Crippen LogP contribution is 2.06. The van der Waals surface area contributed by atoms with Crippen molar-refractivity contribution in [2.75, 3.05) is 6.61 Å². The summed E-state index contributed by atoms with van der Waals surface area (Å²) in [5.41, 5.74) is 2.76. The lowest BCUT2D eigenvalue weighted by molar-refractivity contribution is 0.251. The molecule has 0 atom stereocenters. The van der Waals surface area contributed by atoms with Crippen molar-refractivity contribution in [3.63, 3.8) is 0 Å². The van der Waals surface area contributed by atoms with E-state index in [1.807, 2.05) is 6.92 Å². The van der Waals surface area contributed by atoms with Crippen molar-refractivity contribution in [2.24, 2.45) is 0 Å². The van der Waals surface area contributed by atoms with Crippen LogP contribution in [-0.4, -0.2) is 6.61 Å². The fraction of sp³-hybridized carbons (Fsp3) is 0.538. The zero-order chi connectivity index (χ0) is 11.0. The van der Waals surface area contributed by atoms with Gasteiger partial charge in [0.25, 0.3) is 0 Å². The lowest BCUT2D eigenvalue weighted by atomic mass is 10.1. The van der Waals surface area contributed by atoms with E-state index in [0.717, 1.165) is 18.6 Å². The normalized spacial score (nSPS) is 11.0. The maximum atomic E-state index is 5.25. The Labute approximate surface area is 88.2 Å². The molecule has 0 unspecified atom stereocenters. The number of rotatable bonds is 6. The standard InChI is InChI=1S/C13H22O/c1-11(2)7-6-8-13(5)9-10-14-12(3)4/h7,9H,3,6,8,10H2,1-2,4-5H3/b13-9+. The van der Waals surface area contributed by atoms with Gasteiger partial charge in [-0.15, -0.1) is 0 Å². The lowest BCUT2D eigenvalue weighted by Gasteiger charge is -2.02. The van der Waals surface area contributed by atoms with E-state index in [2.05, 4.69) is 39.5 Å². The van der Waals surface area contributed by atoms with Gasteiger partial charge in [-0.1, -0.05) is 23.8 Å². The van der Waals surface area contributed by atoms with Crippen LogP contribution in [0.25, 0.3) is 0 Å². The molecule has 1 nitrogen and oxygen atoms in total. The van der Waals surface area contributed by atoms with Crippen LogP contribution in [0, 0.1) is 0 Å². The Morgan fingerprint density at radius 1 is 1.14 bits per heavy atom. The van der Waals surface area contributed by atoms with Crippen molar-refractivity contribution in [2.45, 2.75) is 40.5 Å². The van der Waals surface area contributed by atoms with E-state index in [0.29, 0.717) is 6.61 Å². The summed E-state index contributed by atoms with van der Waals surface area (Å²) in [7, 11) is 0. The molecule has 14 heavy (non-hydrogen) atoms. The van der Waals surface area contributed by atoms with Crippen LogP contribution in [0.15, 0.2) is 35.6 Å². The quantitative estimate of drug-likeness (QED) is 0.454. The fourth-order valence-electron chi connectivity index (χ4n) is 1.02. The first kappa shape index (κ1) is 13.0. The lowest BCUT2D eigenvalue weighted by Crippen LogP contribution is -1.88. The van der Waals surface area contributed by atoms with Crippen molar-refractivity contribution in [1.82, 2.24) is 0 Å². The molecule has 0 N–H and O–H groups in total. The van der Waals surface area contributed by atoms with Crippen LogP contribution >= 0.6 is 0 Å². The molecule has 0 amide bonds. The Hall–Kier alpha value is -0.980. The number of allylic oxidation sites excluding steroid dienone is 4. The third-order valence-electron chi connectivity index (χ3n) is 1.85. The second-order valence-electron chi connectivity index (χ2n) is 3.88. The maximum Gasteiger partial charge on any atom is 0.106 e. The van der Waals surface area contributed by atoms with Gasteiger partial charge in [-0.25, -0.2) is 0 Å². The molecule has 0 heterocycles. The van der Waals surface area contributed by atoms with Crippen LogP contribution in [-0.2, 0) is 4.74 Å². The van der Waals surface area contributed by atoms with Crippen LogP contribution in [0.5, 0.6) is 0 Å². The zero-order valence-corrected chi connectivity index (χ0v) is 9.89. The van der Waals surface area contributed by atoms with Gasteiger partial charge in [-0.05, 0) is 46.6 Å². The molecule has 1 heteroatoms. The summed E-state index contributed by atoms with van der Waals surface area (Å²) in [6, 6.07) is 0. The predicted molar refractivity (Wildman–Crippen MR) is 63.2 cm³/mol. The van der Waals surface area contributed by atoms with Crippen molar-refractivity contribution in [3.8, 4) is 0 Å². The van der Waals surface area contributed by atoms with E-state index >= 15 is 0 Å². The zero-order valence-electron chi connectivity index (χ0n) is 9.89. The summed E-state index contributed by atoms with van der Waals surface area (Å²) < 4.78 is 5.25.